The topological polar surface area (TPSA) is 134 Å². The molecule has 0 aliphatic heterocycles. The third kappa shape index (κ3) is 15.5. The Morgan fingerprint density at radius 3 is 0.829 bits per heavy atom. The van der Waals surface area contributed by atoms with Crippen molar-refractivity contribution < 1.29 is 55.2 Å². The van der Waals surface area contributed by atoms with E-state index in [2.05, 4.69) is 203 Å². The smallest absolute Gasteiger partial charge is 0.343 e. The van der Waals surface area contributed by atoms with Crippen molar-refractivity contribution in [2.24, 2.45) is 0 Å². The van der Waals surface area contributed by atoms with Crippen LogP contribution in [-0.4, -0.2) is 74.9 Å². The zero-order valence-corrected chi connectivity index (χ0v) is 58.9. The van der Waals surface area contributed by atoms with Crippen molar-refractivity contribution in [3.05, 3.63) is 59.2 Å². The molecular formula is C58H100O12Si6. The molecule has 0 heterocycles. The van der Waals surface area contributed by atoms with Gasteiger partial charge in [0.15, 0.2) is 11.5 Å². The number of carbonyl (C=O) groups excluding carboxylic acids is 3. The molecule has 0 radical (unpaired) electrons. The predicted octanol–water partition coefficient (Wildman–Crippen LogP) is 18.2. The number of carbonyl (C=O) groups is 3. The highest BCUT2D eigenvalue weighted by molar-refractivity contribution is 6.77. The van der Waals surface area contributed by atoms with Gasteiger partial charge in [-0.15, -0.1) is 0 Å². The van der Waals surface area contributed by atoms with Gasteiger partial charge in [-0.05, 0) is 151 Å². The van der Waals surface area contributed by atoms with Gasteiger partial charge >= 0.3 is 17.9 Å². The van der Waals surface area contributed by atoms with Gasteiger partial charge in [0.25, 0.3) is 49.9 Å². The summed E-state index contributed by atoms with van der Waals surface area (Å²) in [5.41, 5.74) is 0.146. The molecule has 0 aliphatic rings. The van der Waals surface area contributed by atoms with Crippen molar-refractivity contribution in [1.29, 1.82) is 0 Å². The van der Waals surface area contributed by atoms with Crippen LogP contribution in [0.1, 0.15) is 156 Å². The lowest BCUT2D eigenvalue weighted by Crippen LogP contribution is -2.47. The first kappa shape index (κ1) is 66.5. The second kappa shape index (κ2) is 22.0. The fourth-order valence-corrected chi connectivity index (χ4v) is 11.7. The minimum Gasteiger partial charge on any atom is -0.541 e. The summed E-state index contributed by atoms with van der Waals surface area (Å²) >= 11 is 0. The first-order valence-electron chi connectivity index (χ1n) is 26.8. The van der Waals surface area contributed by atoms with E-state index in [9.17, 15) is 14.4 Å². The van der Waals surface area contributed by atoms with Gasteiger partial charge in [0.2, 0.25) is 0 Å². The molecule has 0 spiro atoms. The first-order valence-corrected chi connectivity index (χ1v) is 44.2. The second-order valence-electron chi connectivity index (χ2n) is 29.7. The van der Waals surface area contributed by atoms with Gasteiger partial charge in [0.05, 0.1) is 18.2 Å². The van der Waals surface area contributed by atoms with E-state index in [1.54, 1.807) is 24.3 Å². The average Bonchev–Trinajstić information content (AvgIpc) is 3.20. The van der Waals surface area contributed by atoms with Crippen LogP contribution in [-0.2, 0) is 4.74 Å². The van der Waals surface area contributed by atoms with Crippen molar-refractivity contribution in [3.8, 4) is 46.0 Å². The highest BCUT2D eigenvalue weighted by Gasteiger charge is 2.48. The molecule has 0 saturated heterocycles. The summed E-state index contributed by atoms with van der Waals surface area (Å²) in [4.78, 5) is 42.9. The Morgan fingerprint density at radius 1 is 0.329 bits per heavy atom. The third-order valence-corrected chi connectivity index (χ3v) is 43.3. The Balaban J connectivity index is 2.32. The summed E-state index contributed by atoms with van der Waals surface area (Å²) in [7, 11) is -14.0. The lowest BCUT2D eigenvalue weighted by molar-refractivity contribution is 0.0589. The molecule has 0 fully saturated rings. The Kier molecular flexibility index (Phi) is 19.2. The summed E-state index contributed by atoms with van der Waals surface area (Å²) in [6.45, 7) is 64.7. The molecule has 3 rings (SSSR count). The van der Waals surface area contributed by atoms with Crippen molar-refractivity contribution in [2.75, 3.05) is 7.11 Å². The van der Waals surface area contributed by atoms with E-state index in [0.717, 1.165) is 0 Å². The van der Waals surface area contributed by atoms with Crippen LogP contribution in [0.3, 0.4) is 0 Å². The van der Waals surface area contributed by atoms with Crippen LogP contribution in [0.2, 0.25) is 109 Å². The van der Waals surface area contributed by atoms with Gasteiger partial charge in [-0.2, -0.15) is 0 Å². The Bertz CT molecular complexity index is 2510. The molecule has 0 aromatic heterocycles. The molecule has 0 aliphatic carbocycles. The molecule has 18 heteroatoms. The molecule has 0 bridgehead atoms. The molecule has 0 N–H and O–H groups in total. The lowest BCUT2D eigenvalue weighted by atomic mass is 10.1. The summed E-state index contributed by atoms with van der Waals surface area (Å²) in [6, 6.07) is 10.9. The van der Waals surface area contributed by atoms with Crippen molar-refractivity contribution in [1.82, 2.24) is 0 Å². The lowest BCUT2D eigenvalue weighted by Gasteiger charge is -2.42. The van der Waals surface area contributed by atoms with Crippen LogP contribution in [0.25, 0.3) is 0 Å². The Hall–Kier alpha value is -3.83. The molecule has 3 aromatic carbocycles. The Labute approximate surface area is 466 Å². The minimum atomic E-state index is -2.56. The molecule has 3 aromatic rings. The maximum absolute atomic E-state index is 14.7. The third-order valence-electron chi connectivity index (χ3n) is 17.3. The molecule has 0 saturated carbocycles. The van der Waals surface area contributed by atoms with Gasteiger partial charge in [-0.3, -0.25) is 0 Å². The summed E-state index contributed by atoms with van der Waals surface area (Å²) in [5, 5.41) is -1.15. The monoisotopic (exact) mass is 1160 g/mol. The maximum Gasteiger partial charge on any atom is 0.343 e. The van der Waals surface area contributed by atoms with Gasteiger partial charge < -0.3 is 40.8 Å². The van der Waals surface area contributed by atoms with Crippen LogP contribution in [0.5, 0.6) is 46.0 Å². The van der Waals surface area contributed by atoms with Crippen LogP contribution >= 0.6 is 0 Å². The summed E-state index contributed by atoms with van der Waals surface area (Å²) in [6.07, 6.45) is 0. The normalized spacial score (nSPS) is 13.9. The largest absolute Gasteiger partial charge is 0.541 e. The standard InChI is InChI=1S/C58H100O12Si6/c1-53(2,3)71(20,21)65-44-34-39(35-45(66-72(22,23)54(4,5)6)48(44)69-75(28,29)57(13,14)15)50(59)63-41-32-33-43(42(38-41)52(61)62-19)64-51(60)40-36-46(67-73(24,25)55(7,8)9)49(70-76(30,31)58(16,17)18)47(37-40)68-74(26,27)56(10,11)12/h32-38H,1-31H3. The highest BCUT2D eigenvalue weighted by Crippen LogP contribution is 2.52. The van der Waals surface area contributed by atoms with E-state index in [1.807, 2.05) is 0 Å². The zero-order valence-electron chi connectivity index (χ0n) is 52.9. The van der Waals surface area contributed by atoms with Crippen molar-refractivity contribution >= 4 is 67.8 Å². The van der Waals surface area contributed by atoms with E-state index >= 15 is 0 Å². The highest BCUT2D eigenvalue weighted by atomic mass is 28.4. The van der Waals surface area contributed by atoms with Crippen LogP contribution in [0.15, 0.2) is 42.5 Å². The SMILES string of the molecule is COC(=O)c1cc(OC(=O)c2cc(O[Si](C)(C)C(C)(C)C)c(O[Si](C)(C)C(C)(C)C)c(O[Si](C)(C)C(C)(C)C)c2)ccc1OC(=O)c1cc(O[Si](C)(C)C(C)(C)C)c(O[Si](C)(C)C(C)(C)C)c(O[Si](C)(C)C(C)(C)C)c1. The van der Waals surface area contributed by atoms with Crippen molar-refractivity contribution in [3.63, 3.8) is 0 Å². The molecule has 0 amide bonds. The molecule has 0 unspecified atom stereocenters. The molecular weight excluding hydrogens is 1060 g/mol. The number of benzene rings is 3. The van der Waals surface area contributed by atoms with E-state index in [0.29, 0.717) is 34.5 Å². The van der Waals surface area contributed by atoms with E-state index < -0.39 is 67.8 Å². The molecule has 0 atom stereocenters. The van der Waals surface area contributed by atoms with Gasteiger partial charge in [0, 0.05) is 0 Å². The van der Waals surface area contributed by atoms with E-state index in [4.69, 9.17) is 40.8 Å². The van der Waals surface area contributed by atoms with Gasteiger partial charge in [-0.25, -0.2) is 14.4 Å². The number of hydrogen-bond acceptors (Lipinski definition) is 12. The van der Waals surface area contributed by atoms with Crippen molar-refractivity contribution in [2.45, 2.75) is 233 Å². The molecule has 76 heavy (non-hydrogen) atoms. The Morgan fingerprint density at radius 2 is 0.579 bits per heavy atom. The molecule has 12 nitrogen and oxygen atoms in total. The number of ether oxygens (including phenoxy) is 3. The summed E-state index contributed by atoms with van der Waals surface area (Å²) in [5.74, 6) is 0.120. The number of methoxy groups -OCH3 is 1. The summed E-state index contributed by atoms with van der Waals surface area (Å²) < 4.78 is 59.9. The van der Waals surface area contributed by atoms with Gasteiger partial charge in [0.1, 0.15) is 40.1 Å². The molecule has 428 valence electrons. The number of rotatable bonds is 17. The first-order chi connectivity index (χ1) is 33.6. The number of hydrogen-bond donors (Lipinski definition) is 0. The maximum atomic E-state index is 14.7. The second-order valence-corrected chi connectivity index (χ2v) is 58.1. The van der Waals surface area contributed by atoms with Gasteiger partial charge in [-0.1, -0.05) is 125 Å². The average molecular weight is 1160 g/mol. The predicted molar refractivity (Wildman–Crippen MR) is 328 cm³/mol. The van der Waals surface area contributed by atoms with Crippen LogP contribution < -0.4 is 36.0 Å². The fraction of sp³-hybridized carbons (Fsp3) is 0.638. The van der Waals surface area contributed by atoms with E-state index in [-0.39, 0.29) is 58.4 Å². The van der Waals surface area contributed by atoms with E-state index in [1.165, 1.54) is 25.3 Å². The van der Waals surface area contributed by atoms with Crippen LogP contribution in [0, 0.1) is 0 Å². The number of esters is 3. The quantitative estimate of drug-likeness (QED) is 0.0723. The van der Waals surface area contributed by atoms with Crippen LogP contribution in [0.4, 0.5) is 0 Å². The fourth-order valence-electron chi connectivity index (χ4n) is 5.68. The minimum absolute atomic E-state index is 0.00720. The zero-order chi connectivity index (χ0) is 59.4.